The summed E-state index contributed by atoms with van der Waals surface area (Å²) in [6.45, 7) is 3.09. The standard InChI is InChI=1S/C11H17N3O/c1-2-9-4-3-5-10(8-9)15-7-6-14-11(12)13/h3-5,8H,2,6-7H2,1H3,(H4,12,13,14). The van der Waals surface area contributed by atoms with Crippen molar-refractivity contribution in [3.8, 4) is 5.75 Å². The maximum Gasteiger partial charge on any atom is 0.186 e. The van der Waals surface area contributed by atoms with Gasteiger partial charge in [-0.25, -0.2) is 0 Å². The van der Waals surface area contributed by atoms with Crippen LogP contribution in [0, 0.1) is 0 Å². The Morgan fingerprint density at radius 1 is 1.40 bits per heavy atom. The van der Waals surface area contributed by atoms with Crippen LogP contribution in [0.25, 0.3) is 0 Å². The number of ether oxygens (including phenoxy) is 1. The van der Waals surface area contributed by atoms with E-state index in [1.165, 1.54) is 5.56 Å². The maximum absolute atomic E-state index is 5.48. The van der Waals surface area contributed by atoms with Gasteiger partial charge in [-0.2, -0.15) is 0 Å². The molecule has 4 N–H and O–H groups in total. The maximum atomic E-state index is 5.48. The Morgan fingerprint density at radius 3 is 2.87 bits per heavy atom. The van der Waals surface area contributed by atoms with Gasteiger partial charge < -0.3 is 16.2 Å². The van der Waals surface area contributed by atoms with Crippen LogP contribution < -0.4 is 16.2 Å². The molecular weight excluding hydrogens is 190 g/mol. The van der Waals surface area contributed by atoms with Gasteiger partial charge in [0.15, 0.2) is 5.96 Å². The summed E-state index contributed by atoms with van der Waals surface area (Å²) < 4.78 is 5.48. The van der Waals surface area contributed by atoms with Crippen LogP contribution in [0.1, 0.15) is 12.5 Å². The molecule has 0 spiro atoms. The van der Waals surface area contributed by atoms with Gasteiger partial charge in [-0.15, -0.1) is 0 Å². The van der Waals surface area contributed by atoms with Crippen LogP contribution in [0.15, 0.2) is 29.3 Å². The predicted octanol–water partition coefficient (Wildman–Crippen LogP) is 0.901. The molecule has 0 aliphatic rings. The molecule has 1 aromatic carbocycles. The van der Waals surface area contributed by atoms with Crippen LogP contribution in [0.5, 0.6) is 5.75 Å². The lowest BCUT2D eigenvalue weighted by Gasteiger charge is -2.05. The molecule has 0 heterocycles. The number of rotatable bonds is 5. The second-order valence-electron chi connectivity index (χ2n) is 3.16. The first-order valence-corrected chi connectivity index (χ1v) is 4.99. The second kappa shape index (κ2) is 5.90. The summed E-state index contributed by atoms with van der Waals surface area (Å²) >= 11 is 0. The average molecular weight is 207 g/mol. The topological polar surface area (TPSA) is 73.6 Å². The van der Waals surface area contributed by atoms with Crippen LogP contribution in [0.4, 0.5) is 0 Å². The van der Waals surface area contributed by atoms with Crippen LogP contribution in [0.2, 0.25) is 0 Å². The molecule has 0 atom stereocenters. The Kier molecular flexibility index (Phi) is 4.47. The molecule has 15 heavy (non-hydrogen) atoms. The van der Waals surface area contributed by atoms with Gasteiger partial charge in [0.1, 0.15) is 12.4 Å². The van der Waals surface area contributed by atoms with Gasteiger partial charge >= 0.3 is 0 Å². The Morgan fingerprint density at radius 2 is 2.20 bits per heavy atom. The van der Waals surface area contributed by atoms with Gasteiger partial charge in [0, 0.05) is 0 Å². The third-order valence-electron chi connectivity index (χ3n) is 1.96. The molecule has 0 aliphatic carbocycles. The molecule has 0 saturated heterocycles. The number of guanidine groups is 1. The second-order valence-corrected chi connectivity index (χ2v) is 3.16. The normalized spacial score (nSPS) is 9.67. The number of hydrogen-bond donors (Lipinski definition) is 2. The van der Waals surface area contributed by atoms with Gasteiger partial charge in [0.05, 0.1) is 6.54 Å². The lowest BCUT2D eigenvalue weighted by atomic mass is 10.2. The minimum Gasteiger partial charge on any atom is -0.492 e. The Bertz CT molecular complexity index is 332. The fourth-order valence-electron chi connectivity index (χ4n) is 1.19. The van der Waals surface area contributed by atoms with Crippen molar-refractivity contribution in [1.82, 2.24) is 0 Å². The average Bonchev–Trinajstić information content (AvgIpc) is 2.24. The largest absolute Gasteiger partial charge is 0.492 e. The van der Waals surface area contributed by atoms with Crippen molar-refractivity contribution in [2.24, 2.45) is 16.5 Å². The number of nitrogens with zero attached hydrogens (tertiary/aromatic N) is 1. The number of aryl methyl sites for hydroxylation is 1. The highest BCUT2D eigenvalue weighted by Crippen LogP contribution is 2.13. The van der Waals surface area contributed by atoms with Crippen molar-refractivity contribution in [1.29, 1.82) is 0 Å². The van der Waals surface area contributed by atoms with Crippen molar-refractivity contribution in [2.75, 3.05) is 13.2 Å². The van der Waals surface area contributed by atoms with Crippen LogP contribution in [0.3, 0.4) is 0 Å². The van der Waals surface area contributed by atoms with Crippen molar-refractivity contribution in [2.45, 2.75) is 13.3 Å². The van der Waals surface area contributed by atoms with Gasteiger partial charge in [-0.3, -0.25) is 4.99 Å². The van der Waals surface area contributed by atoms with Gasteiger partial charge in [0.25, 0.3) is 0 Å². The van der Waals surface area contributed by atoms with Gasteiger partial charge in [-0.05, 0) is 24.1 Å². The first-order chi connectivity index (χ1) is 7.22. The van der Waals surface area contributed by atoms with E-state index in [-0.39, 0.29) is 5.96 Å². The van der Waals surface area contributed by atoms with E-state index in [4.69, 9.17) is 16.2 Å². The molecule has 0 radical (unpaired) electrons. The van der Waals surface area contributed by atoms with Crippen LogP contribution in [-0.4, -0.2) is 19.1 Å². The van der Waals surface area contributed by atoms with E-state index in [0.29, 0.717) is 13.2 Å². The molecule has 4 nitrogen and oxygen atoms in total. The fraction of sp³-hybridized carbons (Fsp3) is 0.364. The summed E-state index contributed by atoms with van der Waals surface area (Å²) in [6, 6.07) is 8.00. The number of hydrogen-bond acceptors (Lipinski definition) is 2. The number of nitrogens with two attached hydrogens (primary N) is 2. The van der Waals surface area contributed by atoms with Crippen molar-refractivity contribution in [3.63, 3.8) is 0 Å². The molecule has 4 heteroatoms. The van der Waals surface area contributed by atoms with E-state index < -0.39 is 0 Å². The van der Waals surface area contributed by atoms with Crippen molar-refractivity contribution in [3.05, 3.63) is 29.8 Å². The van der Waals surface area contributed by atoms with Crippen LogP contribution >= 0.6 is 0 Å². The van der Waals surface area contributed by atoms with Gasteiger partial charge in [0.2, 0.25) is 0 Å². The highest BCUT2D eigenvalue weighted by molar-refractivity contribution is 5.75. The summed E-state index contributed by atoms with van der Waals surface area (Å²) in [4.78, 5) is 3.83. The minimum absolute atomic E-state index is 0.0981. The Hall–Kier alpha value is -1.71. The molecule has 0 fully saturated rings. The molecule has 0 bridgehead atoms. The summed E-state index contributed by atoms with van der Waals surface area (Å²) in [5.41, 5.74) is 11.6. The fourth-order valence-corrected chi connectivity index (χ4v) is 1.19. The highest BCUT2D eigenvalue weighted by Gasteiger charge is 1.94. The highest BCUT2D eigenvalue weighted by atomic mass is 16.5. The summed E-state index contributed by atoms with van der Waals surface area (Å²) in [5, 5.41) is 0. The van der Waals surface area contributed by atoms with E-state index in [0.717, 1.165) is 12.2 Å². The zero-order valence-electron chi connectivity index (χ0n) is 8.94. The summed E-state index contributed by atoms with van der Waals surface area (Å²) in [6.07, 6.45) is 1.01. The first-order valence-electron chi connectivity index (χ1n) is 4.99. The Balaban J connectivity index is 2.40. The molecule has 0 aliphatic heterocycles. The third kappa shape index (κ3) is 4.35. The summed E-state index contributed by atoms with van der Waals surface area (Å²) in [7, 11) is 0. The minimum atomic E-state index is 0.0981. The zero-order valence-corrected chi connectivity index (χ0v) is 8.94. The predicted molar refractivity (Wildman–Crippen MR) is 62.0 cm³/mol. The number of benzene rings is 1. The van der Waals surface area contributed by atoms with E-state index in [2.05, 4.69) is 18.0 Å². The van der Waals surface area contributed by atoms with Crippen LogP contribution in [-0.2, 0) is 6.42 Å². The molecule has 1 aromatic rings. The smallest absolute Gasteiger partial charge is 0.186 e. The van der Waals surface area contributed by atoms with E-state index >= 15 is 0 Å². The first kappa shape index (κ1) is 11.4. The number of aliphatic imine (C=N–C) groups is 1. The van der Waals surface area contributed by atoms with E-state index in [1.807, 2.05) is 18.2 Å². The molecule has 0 saturated carbocycles. The Labute approximate surface area is 89.9 Å². The lowest BCUT2D eigenvalue weighted by Crippen LogP contribution is -2.23. The van der Waals surface area contributed by atoms with E-state index in [1.54, 1.807) is 0 Å². The molecular formula is C11H17N3O. The van der Waals surface area contributed by atoms with Gasteiger partial charge in [-0.1, -0.05) is 19.1 Å². The quantitative estimate of drug-likeness (QED) is 0.428. The van der Waals surface area contributed by atoms with Crippen molar-refractivity contribution < 1.29 is 4.74 Å². The molecule has 0 amide bonds. The SMILES string of the molecule is CCc1cccc(OCCN=C(N)N)c1. The molecule has 0 unspecified atom stereocenters. The monoisotopic (exact) mass is 207 g/mol. The molecule has 82 valence electrons. The third-order valence-corrected chi connectivity index (χ3v) is 1.96. The molecule has 0 aromatic heterocycles. The summed E-state index contributed by atoms with van der Waals surface area (Å²) in [5.74, 6) is 0.959. The van der Waals surface area contributed by atoms with Crippen molar-refractivity contribution >= 4 is 5.96 Å². The molecule has 1 rings (SSSR count). The zero-order chi connectivity index (χ0) is 11.1. The lowest BCUT2D eigenvalue weighted by molar-refractivity contribution is 0.328. The van der Waals surface area contributed by atoms with E-state index in [9.17, 15) is 0 Å².